The van der Waals surface area contributed by atoms with Gasteiger partial charge >= 0.3 is 0 Å². The summed E-state index contributed by atoms with van der Waals surface area (Å²) in [6, 6.07) is 18.3. The Kier molecular flexibility index (Phi) is 6.22. The smallest absolute Gasteiger partial charge is 0.251 e. The summed E-state index contributed by atoms with van der Waals surface area (Å²) >= 11 is 0. The minimum atomic E-state index is -0.284. The number of aromatic amines is 1. The predicted octanol–water partition coefficient (Wildman–Crippen LogP) is 2.73. The minimum absolute atomic E-state index is 0.108. The molecule has 1 unspecified atom stereocenters. The SMILES string of the molecule is COc1cccc(CC(=O)NC(Cc2cc(=O)[nH]c(C)n2)c2ccccc2)c1. The molecular weight excluding hydrogens is 354 g/mol. The van der Waals surface area contributed by atoms with Crippen LogP contribution in [0.1, 0.15) is 28.7 Å². The summed E-state index contributed by atoms with van der Waals surface area (Å²) in [5.74, 6) is 1.16. The van der Waals surface area contributed by atoms with Crippen molar-refractivity contribution in [2.45, 2.75) is 25.8 Å². The molecule has 1 amide bonds. The molecule has 2 N–H and O–H groups in total. The van der Waals surface area contributed by atoms with Crippen molar-refractivity contribution in [2.24, 2.45) is 0 Å². The molecule has 0 aliphatic carbocycles. The van der Waals surface area contributed by atoms with Crippen molar-refractivity contribution in [3.63, 3.8) is 0 Å². The number of amides is 1. The molecule has 6 nitrogen and oxygen atoms in total. The second-order valence-electron chi connectivity index (χ2n) is 6.59. The molecule has 1 atom stereocenters. The van der Waals surface area contributed by atoms with Crippen LogP contribution in [-0.4, -0.2) is 23.0 Å². The van der Waals surface area contributed by atoms with Gasteiger partial charge in [-0.3, -0.25) is 9.59 Å². The van der Waals surface area contributed by atoms with Gasteiger partial charge in [-0.1, -0.05) is 42.5 Å². The molecule has 3 aromatic rings. The molecule has 1 heterocycles. The van der Waals surface area contributed by atoms with Crippen LogP contribution in [0.25, 0.3) is 0 Å². The van der Waals surface area contributed by atoms with Crippen molar-refractivity contribution in [3.8, 4) is 5.75 Å². The van der Waals surface area contributed by atoms with Gasteiger partial charge in [0.25, 0.3) is 5.56 Å². The van der Waals surface area contributed by atoms with Gasteiger partial charge in [0.2, 0.25) is 5.91 Å². The number of methoxy groups -OCH3 is 1. The van der Waals surface area contributed by atoms with Crippen molar-refractivity contribution >= 4 is 5.91 Å². The first-order chi connectivity index (χ1) is 13.5. The number of aromatic nitrogens is 2. The van der Waals surface area contributed by atoms with Gasteiger partial charge in [0.05, 0.1) is 25.3 Å². The van der Waals surface area contributed by atoms with E-state index in [2.05, 4.69) is 15.3 Å². The van der Waals surface area contributed by atoms with E-state index in [4.69, 9.17) is 4.74 Å². The van der Waals surface area contributed by atoms with E-state index in [1.807, 2.05) is 54.6 Å². The number of aryl methyl sites for hydroxylation is 1. The number of nitrogens with zero attached hydrogens (tertiary/aromatic N) is 1. The van der Waals surface area contributed by atoms with E-state index in [1.165, 1.54) is 6.07 Å². The Labute approximate surface area is 163 Å². The van der Waals surface area contributed by atoms with E-state index in [0.717, 1.165) is 11.1 Å². The van der Waals surface area contributed by atoms with E-state index in [9.17, 15) is 9.59 Å². The molecule has 0 spiro atoms. The van der Waals surface area contributed by atoms with E-state index >= 15 is 0 Å². The average molecular weight is 377 g/mol. The van der Waals surface area contributed by atoms with Crippen LogP contribution in [0.2, 0.25) is 0 Å². The fraction of sp³-hybridized carbons (Fsp3) is 0.227. The molecule has 2 aromatic carbocycles. The number of H-pyrrole nitrogens is 1. The molecule has 28 heavy (non-hydrogen) atoms. The van der Waals surface area contributed by atoms with Gasteiger partial charge in [-0.2, -0.15) is 0 Å². The molecule has 0 aliphatic rings. The van der Waals surface area contributed by atoms with Crippen LogP contribution in [0.4, 0.5) is 0 Å². The van der Waals surface area contributed by atoms with Gasteiger partial charge in [-0.05, 0) is 30.2 Å². The molecule has 144 valence electrons. The maximum atomic E-state index is 12.7. The molecule has 0 aliphatic heterocycles. The Morgan fingerprint density at radius 3 is 2.64 bits per heavy atom. The Balaban J connectivity index is 1.78. The predicted molar refractivity (Wildman–Crippen MR) is 107 cm³/mol. The maximum absolute atomic E-state index is 12.7. The number of benzene rings is 2. The topological polar surface area (TPSA) is 84.1 Å². The fourth-order valence-corrected chi connectivity index (χ4v) is 3.11. The third-order valence-electron chi connectivity index (χ3n) is 4.36. The van der Waals surface area contributed by atoms with Crippen molar-refractivity contribution in [1.82, 2.24) is 15.3 Å². The zero-order valence-corrected chi connectivity index (χ0v) is 15.9. The number of rotatable bonds is 7. The van der Waals surface area contributed by atoms with Crippen LogP contribution in [-0.2, 0) is 17.6 Å². The number of nitrogens with one attached hydrogen (secondary N) is 2. The molecular formula is C22H23N3O3. The normalized spacial score (nSPS) is 11.6. The van der Waals surface area contributed by atoms with Crippen LogP contribution < -0.4 is 15.6 Å². The molecule has 0 radical (unpaired) electrons. The standard InChI is InChI=1S/C22H23N3O3/c1-15-23-18(14-22(27)24-15)13-20(17-8-4-3-5-9-17)25-21(26)12-16-7-6-10-19(11-16)28-2/h3-11,14,20H,12-13H2,1-2H3,(H,25,26)(H,23,24,27). The number of carbonyl (C=O) groups excluding carboxylic acids is 1. The van der Waals surface area contributed by atoms with Crippen molar-refractivity contribution in [1.29, 1.82) is 0 Å². The molecule has 0 saturated heterocycles. The lowest BCUT2D eigenvalue weighted by Gasteiger charge is -2.19. The number of carbonyl (C=O) groups is 1. The second-order valence-corrected chi connectivity index (χ2v) is 6.59. The van der Waals surface area contributed by atoms with Crippen LogP contribution >= 0.6 is 0 Å². The monoisotopic (exact) mass is 377 g/mol. The largest absolute Gasteiger partial charge is 0.497 e. The van der Waals surface area contributed by atoms with Gasteiger partial charge in [-0.15, -0.1) is 0 Å². The highest BCUT2D eigenvalue weighted by Crippen LogP contribution is 2.18. The zero-order chi connectivity index (χ0) is 19.9. The molecule has 3 rings (SSSR count). The highest BCUT2D eigenvalue weighted by Gasteiger charge is 2.17. The first kappa shape index (κ1) is 19.4. The maximum Gasteiger partial charge on any atom is 0.251 e. The van der Waals surface area contributed by atoms with Gasteiger partial charge < -0.3 is 15.0 Å². The Bertz CT molecular complexity index is 999. The van der Waals surface area contributed by atoms with Crippen LogP contribution in [0.3, 0.4) is 0 Å². The highest BCUT2D eigenvalue weighted by atomic mass is 16.5. The first-order valence-corrected chi connectivity index (χ1v) is 9.07. The van der Waals surface area contributed by atoms with Crippen LogP contribution in [0.5, 0.6) is 5.75 Å². The number of hydrogen-bond donors (Lipinski definition) is 2. The van der Waals surface area contributed by atoms with Crippen LogP contribution in [0.15, 0.2) is 65.5 Å². The Morgan fingerprint density at radius 2 is 1.93 bits per heavy atom. The van der Waals surface area contributed by atoms with Crippen molar-refractivity contribution in [2.75, 3.05) is 7.11 Å². The Hall–Kier alpha value is -3.41. The average Bonchev–Trinajstić information content (AvgIpc) is 2.67. The fourth-order valence-electron chi connectivity index (χ4n) is 3.11. The summed E-state index contributed by atoms with van der Waals surface area (Å²) in [5, 5.41) is 3.07. The van der Waals surface area contributed by atoms with E-state index in [1.54, 1.807) is 14.0 Å². The van der Waals surface area contributed by atoms with Gasteiger partial charge in [-0.25, -0.2) is 4.98 Å². The lowest BCUT2D eigenvalue weighted by molar-refractivity contribution is -0.121. The third-order valence-corrected chi connectivity index (χ3v) is 4.36. The van der Waals surface area contributed by atoms with Gasteiger partial charge in [0, 0.05) is 12.5 Å². The quantitative estimate of drug-likeness (QED) is 0.663. The molecule has 0 bridgehead atoms. The lowest BCUT2D eigenvalue weighted by Crippen LogP contribution is -2.31. The van der Waals surface area contributed by atoms with Crippen molar-refractivity contribution < 1.29 is 9.53 Å². The molecule has 0 saturated carbocycles. The minimum Gasteiger partial charge on any atom is -0.497 e. The Morgan fingerprint density at radius 1 is 1.14 bits per heavy atom. The van der Waals surface area contributed by atoms with E-state index in [0.29, 0.717) is 23.7 Å². The summed E-state index contributed by atoms with van der Waals surface area (Å²) in [6.45, 7) is 1.74. The summed E-state index contributed by atoms with van der Waals surface area (Å²) in [7, 11) is 1.60. The van der Waals surface area contributed by atoms with Crippen LogP contribution in [0, 0.1) is 6.92 Å². The summed E-state index contributed by atoms with van der Waals surface area (Å²) in [6.07, 6.45) is 0.668. The highest BCUT2D eigenvalue weighted by molar-refractivity contribution is 5.79. The lowest BCUT2D eigenvalue weighted by atomic mass is 10.0. The summed E-state index contributed by atoms with van der Waals surface area (Å²) in [5.41, 5.74) is 2.27. The second kappa shape index (κ2) is 8.99. The zero-order valence-electron chi connectivity index (χ0n) is 15.9. The molecule has 1 aromatic heterocycles. The summed E-state index contributed by atoms with van der Waals surface area (Å²) < 4.78 is 5.22. The molecule has 6 heteroatoms. The third kappa shape index (κ3) is 5.30. The number of hydrogen-bond acceptors (Lipinski definition) is 4. The number of ether oxygens (including phenoxy) is 1. The molecule has 0 fully saturated rings. The van der Waals surface area contributed by atoms with Gasteiger partial charge in [0.15, 0.2) is 0 Å². The van der Waals surface area contributed by atoms with E-state index < -0.39 is 0 Å². The van der Waals surface area contributed by atoms with E-state index in [-0.39, 0.29) is 23.9 Å². The first-order valence-electron chi connectivity index (χ1n) is 9.07. The van der Waals surface area contributed by atoms with Gasteiger partial charge in [0.1, 0.15) is 11.6 Å². The van der Waals surface area contributed by atoms with Crippen molar-refractivity contribution in [3.05, 3.63) is 93.7 Å². The summed E-state index contributed by atoms with van der Waals surface area (Å²) in [4.78, 5) is 31.5.